The van der Waals surface area contributed by atoms with Crippen molar-refractivity contribution < 1.29 is 20.8 Å². The Kier molecular flexibility index (Phi) is 14.9. The standard InChI is InChI=1S/C12H11Si.2C6H7.2ClH.Zr/c1-3-7-11(8-4-1)13-12-9-5-2-6-10-12;2*1-6-4-2-3-5-6;;;/h1-10,13H;2*2-5H,1H3;2*1H;/q;2*-1;;;+4/p-2. The summed E-state index contributed by atoms with van der Waals surface area (Å²) in [6.07, 6.45) is 0. The second kappa shape index (κ2) is 16.7. The van der Waals surface area contributed by atoms with Crippen molar-refractivity contribution in [3.05, 3.63) is 120 Å². The molecule has 0 saturated carbocycles. The molecule has 0 N–H and O–H groups in total. The summed E-state index contributed by atoms with van der Waals surface area (Å²) in [4.78, 5) is 0. The van der Waals surface area contributed by atoms with Crippen LogP contribution in [0.25, 0.3) is 0 Å². The van der Waals surface area contributed by atoms with Gasteiger partial charge in [0.05, 0.1) is 0 Å². The largest absolute Gasteiger partial charge is 0.103 e. The SMILES string of the molecule is Cc1cc[cH-]c1.Cc1cc[cH-]c1.[Cl][Zr+2][Cl].c1ccc([SiH]c2ccccc2)cc1. The first kappa shape index (κ1) is 24.9. The molecular weight excluding hydrogens is 478 g/mol. The van der Waals surface area contributed by atoms with Crippen LogP contribution in [0, 0.1) is 13.8 Å². The Hall–Kier alpha value is -1.18. The number of hydrogen-bond donors (Lipinski definition) is 0. The quantitative estimate of drug-likeness (QED) is 0.237. The fourth-order valence-corrected chi connectivity index (χ4v) is 3.45. The van der Waals surface area contributed by atoms with E-state index in [1.165, 1.54) is 21.5 Å². The molecule has 4 rings (SSSR count). The van der Waals surface area contributed by atoms with Crippen molar-refractivity contribution in [1.29, 1.82) is 0 Å². The van der Waals surface area contributed by atoms with Gasteiger partial charge in [0, 0.05) is 0 Å². The maximum absolute atomic E-state index is 4.93. The Labute approximate surface area is 190 Å². The van der Waals surface area contributed by atoms with Gasteiger partial charge in [0.15, 0.2) is 0 Å². The summed E-state index contributed by atoms with van der Waals surface area (Å²) < 4.78 is 0. The van der Waals surface area contributed by atoms with Crippen LogP contribution in [0.1, 0.15) is 11.1 Å². The molecule has 0 atom stereocenters. The second-order valence-electron chi connectivity index (χ2n) is 5.96. The topological polar surface area (TPSA) is 0 Å². The Morgan fingerprint density at radius 2 is 1.00 bits per heavy atom. The predicted molar refractivity (Wildman–Crippen MR) is 125 cm³/mol. The minimum Gasteiger partial charge on any atom is -0.0632 e. The third-order valence-electron chi connectivity index (χ3n) is 3.59. The van der Waals surface area contributed by atoms with Crippen molar-refractivity contribution in [3.63, 3.8) is 0 Å². The summed E-state index contributed by atoms with van der Waals surface area (Å²) in [6.45, 7) is 4.17. The summed E-state index contributed by atoms with van der Waals surface area (Å²) in [7, 11) is 10.1. The van der Waals surface area contributed by atoms with Gasteiger partial charge in [-0.15, -0.1) is 0 Å². The van der Waals surface area contributed by atoms with Gasteiger partial charge in [0.1, 0.15) is 9.52 Å². The molecule has 0 aliphatic rings. The molecule has 143 valence electrons. The molecule has 0 saturated heterocycles. The fraction of sp³-hybridized carbons (Fsp3) is 0.0833. The van der Waals surface area contributed by atoms with Crippen LogP contribution in [0.2, 0.25) is 0 Å². The van der Waals surface area contributed by atoms with Crippen LogP contribution in [0.4, 0.5) is 0 Å². The van der Waals surface area contributed by atoms with Gasteiger partial charge >= 0.3 is 37.9 Å². The number of halogens is 2. The van der Waals surface area contributed by atoms with E-state index in [2.05, 4.69) is 98.8 Å². The van der Waals surface area contributed by atoms with Gasteiger partial charge in [-0.3, -0.25) is 0 Å². The third kappa shape index (κ3) is 13.1. The molecule has 0 unspecified atom stereocenters. The van der Waals surface area contributed by atoms with Gasteiger partial charge in [-0.1, -0.05) is 84.9 Å². The molecule has 0 aliphatic heterocycles. The Bertz CT molecular complexity index is 729. The molecule has 0 nitrogen and oxygen atoms in total. The average molecular weight is 504 g/mol. The summed E-state index contributed by atoms with van der Waals surface area (Å²) >= 11 is -0.826. The van der Waals surface area contributed by atoms with E-state index in [9.17, 15) is 0 Å². The molecule has 0 fully saturated rings. The van der Waals surface area contributed by atoms with Gasteiger partial charge in [0.25, 0.3) is 0 Å². The first-order chi connectivity index (χ1) is 13.7. The molecule has 4 aromatic rings. The van der Waals surface area contributed by atoms with Crippen molar-refractivity contribution in [2.24, 2.45) is 0 Å². The van der Waals surface area contributed by atoms with Crippen LogP contribution in [0.3, 0.4) is 0 Å². The van der Waals surface area contributed by atoms with Crippen LogP contribution < -0.4 is 10.4 Å². The number of aryl methyl sites for hydroxylation is 2. The summed E-state index contributed by atoms with van der Waals surface area (Å²) in [5.41, 5.74) is 2.69. The molecular formula is C24H25Cl2SiZr. The molecule has 0 spiro atoms. The molecule has 28 heavy (non-hydrogen) atoms. The van der Waals surface area contributed by atoms with Gasteiger partial charge in [-0.25, -0.2) is 23.3 Å². The normalized spacial score (nSPS) is 8.71. The van der Waals surface area contributed by atoms with E-state index < -0.39 is 20.8 Å². The maximum atomic E-state index is 4.93. The molecule has 1 radical (unpaired) electrons. The van der Waals surface area contributed by atoms with Crippen molar-refractivity contribution in [3.8, 4) is 0 Å². The zero-order chi connectivity index (χ0) is 20.5. The molecule has 0 bridgehead atoms. The van der Waals surface area contributed by atoms with Crippen LogP contribution in [-0.2, 0) is 20.8 Å². The number of benzene rings is 2. The van der Waals surface area contributed by atoms with E-state index in [0.717, 1.165) is 0 Å². The van der Waals surface area contributed by atoms with Crippen molar-refractivity contribution in [1.82, 2.24) is 0 Å². The van der Waals surface area contributed by atoms with E-state index in [4.69, 9.17) is 17.0 Å². The minimum atomic E-state index is -0.826. The smallest absolute Gasteiger partial charge is 0.0632 e. The molecule has 4 aromatic carbocycles. The molecule has 0 heterocycles. The second-order valence-corrected chi connectivity index (χ2v) is 11.3. The van der Waals surface area contributed by atoms with Crippen molar-refractivity contribution >= 4 is 36.9 Å². The number of hydrogen-bond acceptors (Lipinski definition) is 0. The number of rotatable bonds is 2. The van der Waals surface area contributed by atoms with Crippen molar-refractivity contribution in [2.45, 2.75) is 13.8 Å². The first-order valence-corrected chi connectivity index (χ1v) is 16.4. The van der Waals surface area contributed by atoms with E-state index in [1.807, 2.05) is 24.3 Å². The zero-order valence-electron chi connectivity index (χ0n) is 16.2. The van der Waals surface area contributed by atoms with Crippen molar-refractivity contribution in [2.75, 3.05) is 0 Å². The van der Waals surface area contributed by atoms with Gasteiger partial charge in [-0.05, 0) is 0 Å². The molecule has 0 amide bonds. The monoisotopic (exact) mass is 501 g/mol. The first-order valence-electron chi connectivity index (χ1n) is 8.93. The summed E-state index contributed by atoms with van der Waals surface area (Å²) in [5.74, 6) is 0. The fourth-order valence-electron chi connectivity index (χ4n) is 2.23. The molecule has 0 aliphatic carbocycles. The zero-order valence-corrected chi connectivity index (χ0v) is 21.4. The van der Waals surface area contributed by atoms with E-state index in [1.54, 1.807) is 0 Å². The van der Waals surface area contributed by atoms with Gasteiger partial charge in [-0.2, -0.15) is 36.4 Å². The average Bonchev–Trinajstić information content (AvgIpc) is 3.39. The van der Waals surface area contributed by atoms with Gasteiger partial charge in [0.2, 0.25) is 0 Å². The Morgan fingerprint density at radius 3 is 1.21 bits per heavy atom. The van der Waals surface area contributed by atoms with Gasteiger partial charge < -0.3 is 0 Å². The van der Waals surface area contributed by atoms with E-state index in [-0.39, 0.29) is 9.52 Å². The van der Waals surface area contributed by atoms with Crippen LogP contribution in [0.15, 0.2) is 109 Å². The predicted octanol–water partition coefficient (Wildman–Crippen LogP) is 5.88. The third-order valence-corrected chi connectivity index (χ3v) is 5.03. The Morgan fingerprint density at radius 1 is 0.643 bits per heavy atom. The van der Waals surface area contributed by atoms with Crippen LogP contribution in [0.5, 0.6) is 0 Å². The summed E-state index contributed by atoms with van der Waals surface area (Å²) in [5, 5.41) is 2.90. The molecule has 0 aromatic heterocycles. The van der Waals surface area contributed by atoms with Crippen LogP contribution >= 0.6 is 17.0 Å². The van der Waals surface area contributed by atoms with E-state index >= 15 is 0 Å². The summed E-state index contributed by atoms with van der Waals surface area (Å²) in [6, 6.07) is 37.8. The van der Waals surface area contributed by atoms with Crippen LogP contribution in [-0.4, -0.2) is 9.52 Å². The Balaban J connectivity index is 0.000000218. The maximum Gasteiger partial charge on any atom is 0.103 e. The molecule has 4 heteroatoms. The van der Waals surface area contributed by atoms with E-state index in [0.29, 0.717) is 0 Å². The minimum absolute atomic E-state index is 0.271.